The molecule has 134 valence electrons. The quantitative estimate of drug-likeness (QED) is 0.653. The number of nitrogens with zero attached hydrogens (tertiary/aromatic N) is 4. The molecule has 3 rings (SSSR count). The van der Waals surface area contributed by atoms with Crippen LogP contribution >= 0.6 is 0 Å². The lowest BCUT2D eigenvalue weighted by Crippen LogP contribution is -2.29. The Kier molecular flexibility index (Phi) is 4.56. The zero-order chi connectivity index (χ0) is 18.1. The van der Waals surface area contributed by atoms with Crippen molar-refractivity contribution in [1.29, 1.82) is 0 Å². The van der Waals surface area contributed by atoms with Crippen molar-refractivity contribution in [2.45, 2.75) is 46.6 Å². The van der Waals surface area contributed by atoms with E-state index in [0.29, 0.717) is 36.1 Å². The first kappa shape index (κ1) is 17.1. The number of hydrogen-bond donors (Lipinski definition) is 1. The van der Waals surface area contributed by atoms with Crippen LogP contribution < -0.4 is 5.32 Å². The predicted molar refractivity (Wildman–Crippen MR) is 88.4 cm³/mol. The van der Waals surface area contributed by atoms with E-state index in [1.807, 2.05) is 0 Å². The van der Waals surface area contributed by atoms with Gasteiger partial charge in [-0.15, -0.1) is 0 Å². The lowest BCUT2D eigenvalue weighted by molar-refractivity contribution is -0.386. The Balaban J connectivity index is 1.64. The monoisotopic (exact) mass is 347 g/mol. The maximum absolute atomic E-state index is 12.4. The van der Waals surface area contributed by atoms with Gasteiger partial charge in [-0.1, -0.05) is 12.1 Å². The molecule has 1 aliphatic rings. The number of amides is 1. The highest BCUT2D eigenvalue weighted by Crippen LogP contribution is 2.27. The maximum Gasteiger partial charge on any atom is 0.312 e. The van der Waals surface area contributed by atoms with E-state index >= 15 is 0 Å². The Morgan fingerprint density at radius 3 is 2.92 bits per heavy atom. The number of nitro groups is 1. The number of hydrogen-bond acceptors (Lipinski definition) is 6. The van der Waals surface area contributed by atoms with Crippen LogP contribution in [0.3, 0.4) is 0 Å². The van der Waals surface area contributed by atoms with Crippen molar-refractivity contribution in [2.75, 3.05) is 6.54 Å². The molecule has 0 spiro atoms. The lowest BCUT2D eigenvalue weighted by atomic mass is 9.88. The minimum Gasteiger partial charge on any atom is -0.360 e. The second kappa shape index (κ2) is 6.66. The first-order valence-corrected chi connectivity index (χ1v) is 8.32. The fourth-order valence-electron chi connectivity index (χ4n) is 3.29. The molecule has 9 nitrogen and oxygen atoms in total. The van der Waals surface area contributed by atoms with E-state index in [4.69, 9.17) is 4.52 Å². The van der Waals surface area contributed by atoms with Crippen LogP contribution in [0.4, 0.5) is 5.69 Å². The minimum atomic E-state index is -0.435. The van der Waals surface area contributed by atoms with Gasteiger partial charge in [0.25, 0.3) is 5.91 Å². The van der Waals surface area contributed by atoms with Gasteiger partial charge < -0.3 is 9.84 Å². The largest absolute Gasteiger partial charge is 0.360 e. The molecule has 9 heteroatoms. The molecule has 25 heavy (non-hydrogen) atoms. The fraction of sp³-hybridized carbons (Fsp3) is 0.562. The average molecular weight is 347 g/mol. The van der Waals surface area contributed by atoms with E-state index in [-0.39, 0.29) is 11.6 Å². The van der Waals surface area contributed by atoms with Crippen molar-refractivity contribution in [1.82, 2.24) is 20.3 Å². The van der Waals surface area contributed by atoms with Crippen molar-refractivity contribution >= 4 is 11.6 Å². The summed E-state index contributed by atoms with van der Waals surface area (Å²) in [6.07, 6.45) is 2.65. The summed E-state index contributed by atoms with van der Waals surface area (Å²) in [5, 5.41) is 21.9. The van der Waals surface area contributed by atoms with E-state index in [9.17, 15) is 14.9 Å². The van der Waals surface area contributed by atoms with Crippen LogP contribution in [-0.4, -0.2) is 32.3 Å². The summed E-state index contributed by atoms with van der Waals surface area (Å²) in [7, 11) is 0. The summed E-state index contributed by atoms with van der Waals surface area (Å²) in [6, 6.07) is 0. The Morgan fingerprint density at radius 2 is 2.24 bits per heavy atom. The molecule has 1 unspecified atom stereocenters. The molecule has 1 N–H and O–H groups in total. The Morgan fingerprint density at radius 1 is 1.48 bits per heavy atom. The van der Waals surface area contributed by atoms with Gasteiger partial charge in [0, 0.05) is 18.5 Å². The number of aromatic nitrogens is 3. The zero-order valence-electron chi connectivity index (χ0n) is 14.5. The van der Waals surface area contributed by atoms with Gasteiger partial charge in [0.1, 0.15) is 17.1 Å². The SMILES string of the molecule is Cc1nn(CCNC(=O)c2noc3c2CC(C)CC3)c(C)c1[N+](=O)[O-]. The highest BCUT2D eigenvalue weighted by molar-refractivity contribution is 5.93. The van der Waals surface area contributed by atoms with Crippen LogP contribution in [0, 0.1) is 29.9 Å². The van der Waals surface area contributed by atoms with Crippen molar-refractivity contribution in [3.8, 4) is 0 Å². The predicted octanol–water partition coefficient (Wildman–Crippen LogP) is 1.95. The number of fused-ring (bicyclic) bond motifs is 1. The van der Waals surface area contributed by atoms with Crippen LogP contribution in [0.2, 0.25) is 0 Å². The summed E-state index contributed by atoms with van der Waals surface area (Å²) in [6.45, 7) is 6.05. The van der Waals surface area contributed by atoms with Gasteiger partial charge in [-0.25, -0.2) is 0 Å². The molecule has 1 aliphatic carbocycles. The standard InChI is InChI=1S/C16H21N5O4/c1-9-4-5-13-12(8-9)14(19-25-13)16(22)17-6-7-20-11(3)15(21(23)24)10(2)18-20/h9H,4-8H2,1-3H3,(H,17,22). The molecule has 2 heterocycles. The van der Waals surface area contributed by atoms with Gasteiger partial charge in [0.2, 0.25) is 0 Å². The normalized spacial score (nSPS) is 16.5. The molecule has 1 amide bonds. The Labute approximate surface area is 144 Å². The van der Waals surface area contributed by atoms with E-state index in [1.54, 1.807) is 13.8 Å². The molecule has 0 saturated heterocycles. The minimum absolute atomic E-state index is 0.0193. The van der Waals surface area contributed by atoms with E-state index < -0.39 is 4.92 Å². The zero-order valence-corrected chi connectivity index (χ0v) is 14.5. The van der Waals surface area contributed by atoms with Crippen LogP contribution in [0.25, 0.3) is 0 Å². The molecule has 2 aromatic heterocycles. The highest BCUT2D eigenvalue weighted by Gasteiger charge is 2.27. The molecule has 0 aromatic carbocycles. The molecule has 0 fully saturated rings. The van der Waals surface area contributed by atoms with E-state index in [0.717, 1.165) is 30.6 Å². The summed E-state index contributed by atoms with van der Waals surface area (Å²) in [5.74, 6) is 1.03. The third kappa shape index (κ3) is 3.26. The van der Waals surface area contributed by atoms with Gasteiger partial charge in [0.05, 0.1) is 11.5 Å². The Hall–Kier alpha value is -2.71. The van der Waals surface area contributed by atoms with E-state index in [2.05, 4.69) is 22.5 Å². The summed E-state index contributed by atoms with van der Waals surface area (Å²) in [4.78, 5) is 23.0. The maximum atomic E-state index is 12.4. The summed E-state index contributed by atoms with van der Waals surface area (Å²) in [5.41, 5.74) is 2.11. The molecule has 2 aromatic rings. The fourth-order valence-corrected chi connectivity index (χ4v) is 3.29. The Bertz CT molecular complexity index is 823. The van der Waals surface area contributed by atoms with Gasteiger partial charge in [-0.05, 0) is 32.6 Å². The van der Waals surface area contributed by atoms with Crippen molar-refractivity contribution in [3.05, 3.63) is 38.5 Å². The van der Waals surface area contributed by atoms with Gasteiger partial charge in [-0.2, -0.15) is 5.10 Å². The van der Waals surface area contributed by atoms with Crippen molar-refractivity contribution < 1.29 is 14.2 Å². The van der Waals surface area contributed by atoms with E-state index in [1.165, 1.54) is 4.68 Å². The third-order valence-electron chi connectivity index (χ3n) is 4.64. The molecule has 0 bridgehead atoms. The van der Waals surface area contributed by atoms with Crippen LogP contribution in [0.5, 0.6) is 0 Å². The van der Waals surface area contributed by atoms with Crippen LogP contribution in [0.15, 0.2) is 4.52 Å². The smallest absolute Gasteiger partial charge is 0.312 e. The number of carbonyl (C=O) groups is 1. The second-order valence-corrected chi connectivity index (χ2v) is 6.54. The number of rotatable bonds is 5. The summed E-state index contributed by atoms with van der Waals surface area (Å²) < 4.78 is 6.82. The van der Waals surface area contributed by atoms with Gasteiger partial charge >= 0.3 is 5.69 Å². The molecular formula is C16H21N5O4. The van der Waals surface area contributed by atoms with Gasteiger partial charge in [-0.3, -0.25) is 19.6 Å². The molecular weight excluding hydrogens is 326 g/mol. The van der Waals surface area contributed by atoms with Crippen molar-refractivity contribution in [2.24, 2.45) is 5.92 Å². The topological polar surface area (TPSA) is 116 Å². The molecule has 0 aliphatic heterocycles. The lowest BCUT2D eigenvalue weighted by Gasteiger charge is -2.16. The molecule has 0 saturated carbocycles. The van der Waals surface area contributed by atoms with Crippen molar-refractivity contribution in [3.63, 3.8) is 0 Å². The molecule has 1 atom stereocenters. The summed E-state index contributed by atoms with van der Waals surface area (Å²) >= 11 is 0. The first-order chi connectivity index (χ1) is 11.9. The number of carbonyl (C=O) groups excluding carboxylic acids is 1. The average Bonchev–Trinajstić information content (AvgIpc) is 3.08. The second-order valence-electron chi connectivity index (χ2n) is 6.54. The van der Waals surface area contributed by atoms with Gasteiger partial charge in [0.15, 0.2) is 5.69 Å². The number of aryl methyl sites for hydroxylation is 2. The third-order valence-corrected chi connectivity index (χ3v) is 4.64. The highest BCUT2D eigenvalue weighted by atomic mass is 16.6. The van der Waals surface area contributed by atoms with Crippen LogP contribution in [0.1, 0.15) is 46.5 Å². The first-order valence-electron chi connectivity index (χ1n) is 8.32. The van der Waals surface area contributed by atoms with Crippen LogP contribution in [-0.2, 0) is 19.4 Å². The number of nitrogens with one attached hydrogen (secondary N) is 1. The molecule has 0 radical (unpaired) electrons.